The van der Waals surface area contributed by atoms with Gasteiger partial charge in [-0.15, -0.1) is 0 Å². The van der Waals surface area contributed by atoms with Gasteiger partial charge < -0.3 is 9.84 Å². The number of hydrogen-bond acceptors (Lipinski definition) is 4. The van der Waals surface area contributed by atoms with Crippen molar-refractivity contribution in [3.05, 3.63) is 52.0 Å². The van der Waals surface area contributed by atoms with Gasteiger partial charge in [0.25, 0.3) is 0 Å². The van der Waals surface area contributed by atoms with E-state index in [1.807, 2.05) is 0 Å². The number of nitrogens with zero attached hydrogens (tertiary/aromatic N) is 1. The van der Waals surface area contributed by atoms with Crippen LogP contribution in [-0.4, -0.2) is 18.4 Å². The molecule has 6 heteroatoms. The van der Waals surface area contributed by atoms with Gasteiger partial charge in [0.2, 0.25) is 0 Å². The summed E-state index contributed by atoms with van der Waals surface area (Å²) in [5, 5.41) is 14.6. The van der Waals surface area contributed by atoms with Crippen molar-refractivity contribution >= 4 is 35.1 Å². The minimum Gasteiger partial charge on any atom is -0.504 e. The molecule has 0 aromatic heterocycles. The fraction of sp³-hybridized carbons (Fsp3) is 0.0714. The lowest BCUT2D eigenvalue weighted by Crippen LogP contribution is -1.91. The zero-order valence-electron chi connectivity index (χ0n) is 10.6. The summed E-state index contributed by atoms with van der Waals surface area (Å²) in [6.45, 7) is 0. The van der Waals surface area contributed by atoms with Crippen LogP contribution in [-0.2, 0) is 0 Å². The minimum atomic E-state index is 0.0611. The first-order valence-corrected chi connectivity index (χ1v) is 6.47. The van der Waals surface area contributed by atoms with Gasteiger partial charge in [-0.05, 0) is 42.0 Å². The highest BCUT2D eigenvalue weighted by Gasteiger charge is 2.01. The molecule has 0 spiro atoms. The maximum Gasteiger partial charge on any atom is 0.160 e. The molecule has 0 saturated carbocycles. The summed E-state index contributed by atoms with van der Waals surface area (Å²) >= 11 is 11.7. The third kappa shape index (κ3) is 3.56. The van der Waals surface area contributed by atoms with Crippen molar-refractivity contribution in [1.82, 2.24) is 0 Å². The van der Waals surface area contributed by atoms with Crippen LogP contribution >= 0.6 is 23.2 Å². The summed E-state index contributed by atoms with van der Waals surface area (Å²) in [5.41, 5.74) is 4.27. The molecule has 2 aromatic carbocycles. The van der Waals surface area contributed by atoms with Crippen molar-refractivity contribution in [2.45, 2.75) is 0 Å². The molecule has 0 saturated heterocycles. The first kappa shape index (κ1) is 14.5. The van der Waals surface area contributed by atoms with E-state index < -0.39 is 0 Å². The Morgan fingerprint density at radius 1 is 1.15 bits per heavy atom. The highest BCUT2D eigenvalue weighted by atomic mass is 35.5. The van der Waals surface area contributed by atoms with E-state index in [4.69, 9.17) is 27.9 Å². The van der Waals surface area contributed by atoms with Crippen LogP contribution in [0, 0.1) is 0 Å². The number of benzene rings is 2. The van der Waals surface area contributed by atoms with Crippen LogP contribution in [0.15, 0.2) is 41.5 Å². The molecule has 2 rings (SSSR count). The lowest BCUT2D eigenvalue weighted by molar-refractivity contribution is 0.373. The molecule has 2 N–H and O–H groups in total. The number of phenols is 1. The molecule has 0 aliphatic rings. The van der Waals surface area contributed by atoms with Crippen LogP contribution in [0.25, 0.3) is 0 Å². The first-order chi connectivity index (χ1) is 9.60. The fourth-order valence-electron chi connectivity index (χ4n) is 1.53. The Morgan fingerprint density at radius 3 is 2.60 bits per heavy atom. The molecule has 0 heterocycles. The number of methoxy groups -OCH3 is 1. The normalized spacial score (nSPS) is 10.8. The molecule has 104 valence electrons. The van der Waals surface area contributed by atoms with E-state index in [2.05, 4.69) is 10.5 Å². The van der Waals surface area contributed by atoms with Crippen molar-refractivity contribution in [3.8, 4) is 11.5 Å². The topological polar surface area (TPSA) is 53.8 Å². The number of aromatic hydroxyl groups is 1. The van der Waals surface area contributed by atoms with Crippen molar-refractivity contribution in [2.24, 2.45) is 5.10 Å². The molecule has 0 aliphatic heterocycles. The second kappa shape index (κ2) is 6.50. The van der Waals surface area contributed by atoms with Crippen molar-refractivity contribution in [2.75, 3.05) is 12.5 Å². The van der Waals surface area contributed by atoms with Gasteiger partial charge in [-0.3, -0.25) is 5.43 Å². The second-order valence-electron chi connectivity index (χ2n) is 3.93. The zero-order valence-corrected chi connectivity index (χ0v) is 12.1. The Bertz CT molecular complexity index is 645. The van der Waals surface area contributed by atoms with Crippen LogP contribution in [0.5, 0.6) is 11.5 Å². The monoisotopic (exact) mass is 310 g/mol. The summed E-state index contributed by atoms with van der Waals surface area (Å²) in [4.78, 5) is 0. The summed E-state index contributed by atoms with van der Waals surface area (Å²) in [5.74, 6) is 0.477. The standard InChI is InChI=1S/C14H12Cl2N2O2/c1-20-14-5-2-9(6-13(14)19)8-17-18-10-3-4-11(15)12(16)7-10/h2-8,18-19H,1H3/b17-8+. The number of hydrogen-bond donors (Lipinski definition) is 2. The summed E-state index contributed by atoms with van der Waals surface area (Å²) in [6, 6.07) is 10.1. The Hall–Kier alpha value is -1.91. The van der Waals surface area contributed by atoms with Crippen molar-refractivity contribution in [1.29, 1.82) is 0 Å². The Labute approximate surface area is 126 Å². The Morgan fingerprint density at radius 2 is 1.95 bits per heavy atom. The highest BCUT2D eigenvalue weighted by molar-refractivity contribution is 6.42. The van der Waals surface area contributed by atoms with E-state index in [1.54, 1.807) is 42.6 Å². The smallest absolute Gasteiger partial charge is 0.160 e. The van der Waals surface area contributed by atoms with Crippen LogP contribution < -0.4 is 10.2 Å². The molecule has 0 fully saturated rings. The number of nitrogens with one attached hydrogen (secondary N) is 1. The van der Waals surface area contributed by atoms with Gasteiger partial charge in [0.05, 0.1) is 29.1 Å². The van der Waals surface area contributed by atoms with E-state index in [0.29, 0.717) is 21.5 Å². The molecule has 4 nitrogen and oxygen atoms in total. The minimum absolute atomic E-state index is 0.0611. The number of halogens is 2. The summed E-state index contributed by atoms with van der Waals surface area (Å²) in [7, 11) is 1.49. The predicted octanol–water partition coefficient (Wildman–Crippen LogP) is 4.15. The Kier molecular flexibility index (Phi) is 4.71. The quantitative estimate of drug-likeness (QED) is 0.658. The van der Waals surface area contributed by atoms with Crippen molar-refractivity contribution in [3.63, 3.8) is 0 Å². The highest BCUT2D eigenvalue weighted by Crippen LogP contribution is 2.26. The van der Waals surface area contributed by atoms with E-state index in [0.717, 1.165) is 5.56 Å². The van der Waals surface area contributed by atoms with E-state index >= 15 is 0 Å². The molecule has 20 heavy (non-hydrogen) atoms. The average molecular weight is 311 g/mol. The van der Waals surface area contributed by atoms with E-state index in [1.165, 1.54) is 7.11 Å². The van der Waals surface area contributed by atoms with Crippen molar-refractivity contribution < 1.29 is 9.84 Å². The number of ether oxygens (including phenoxy) is 1. The molecule has 2 aromatic rings. The van der Waals surface area contributed by atoms with Gasteiger partial charge in [-0.25, -0.2) is 0 Å². The molecule has 0 aliphatic carbocycles. The number of anilines is 1. The first-order valence-electron chi connectivity index (χ1n) is 5.71. The fourth-order valence-corrected chi connectivity index (χ4v) is 1.83. The van der Waals surface area contributed by atoms with Crippen LogP contribution in [0.2, 0.25) is 10.0 Å². The third-order valence-corrected chi connectivity index (χ3v) is 3.27. The Balaban J connectivity index is 2.06. The third-order valence-electron chi connectivity index (χ3n) is 2.53. The van der Waals surface area contributed by atoms with Crippen LogP contribution in [0.4, 0.5) is 5.69 Å². The summed E-state index contributed by atoms with van der Waals surface area (Å²) < 4.78 is 4.96. The average Bonchev–Trinajstić information content (AvgIpc) is 2.43. The zero-order chi connectivity index (χ0) is 14.5. The number of hydrazone groups is 1. The molecule has 0 atom stereocenters. The lowest BCUT2D eigenvalue weighted by atomic mass is 10.2. The van der Waals surface area contributed by atoms with E-state index in [-0.39, 0.29) is 5.75 Å². The SMILES string of the molecule is COc1ccc(/C=N/Nc2ccc(Cl)c(Cl)c2)cc1O. The predicted molar refractivity (Wildman–Crippen MR) is 82.3 cm³/mol. The molecular weight excluding hydrogens is 299 g/mol. The van der Waals surface area contributed by atoms with Crippen LogP contribution in [0.1, 0.15) is 5.56 Å². The molecule has 0 bridgehead atoms. The maximum absolute atomic E-state index is 9.64. The molecule has 0 radical (unpaired) electrons. The maximum atomic E-state index is 9.64. The van der Waals surface area contributed by atoms with Gasteiger partial charge in [-0.1, -0.05) is 23.2 Å². The number of phenolic OH excluding ortho intramolecular Hbond substituents is 1. The molecule has 0 amide bonds. The molecular formula is C14H12Cl2N2O2. The lowest BCUT2D eigenvalue weighted by Gasteiger charge is -2.04. The van der Waals surface area contributed by atoms with E-state index in [9.17, 15) is 5.11 Å². The molecule has 0 unspecified atom stereocenters. The van der Waals surface area contributed by atoms with Gasteiger partial charge in [0.1, 0.15) is 0 Å². The largest absolute Gasteiger partial charge is 0.504 e. The van der Waals surface area contributed by atoms with Crippen LogP contribution in [0.3, 0.4) is 0 Å². The number of rotatable bonds is 4. The van der Waals surface area contributed by atoms with Gasteiger partial charge in [0.15, 0.2) is 11.5 Å². The second-order valence-corrected chi connectivity index (χ2v) is 4.74. The van der Waals surface area contributed by atoms with Gasteiger partial charge in [0, 0.05) is 0 Å². The van der Waals surface area contributed by atoms with Gasteiger partial charge in [-0.2, -0.15) is 5.10 Å². The van der Waals surface area contributed by atoms with Gasteiger partial charge >= 0.3 is 0 Å². The summed E-state index contributed by atoms with van der Waals surface area (Å²) in [6.07, 6.45) is 1.57.